The molecule has 6 heteroatoms. The maximum atomic E-state index is 9.89. The molecule has 1 unspecified atom stereocenters. The van der Waals surface area contributed by atoms with E-state index >= 15 is 0 Å². The Labute approximate surface area is 135 Å². The maximum Gasteiger partial charge on any atom is 0.244 e. The molecule has 0 aliphatic carbocycles. The molecular weight excluding hydrogens is 337 g/mol. The molecule has 0 radical (unpaired) electrons. The second-order valence-electron chi connectivity index (χ2n) is 4.26. The quantitative estimate of drug-likeness (QED) is 0.296. The van der Waals surface area contributed by atoms with Crippen LogP contribution < -0.4 is 0 Å². The number of unbranched alkanes of at least 4 members (excludes halogenated alkanes) is 6. The summed E-state index contributed by atoms with van der Waals surface area (Å²) in [6.07, 6.45) is 9.53. The van der Waals surface area contributed by atoms with Crippen LogP contribution in [-0.4, -0.2) is 17.3 Å². The summed E-state index contributed by atoms with van der Waals surface area (Å²) in [6, 6.07) is 0. The van der Waals surface area contributed by atoms with E-state index in [1.165, 1.54) is 49.9 Å². The van der Waals surface area contributed by atoms with Gasteiger partial charge in [-0.3, -0.25) is 0 Å². The third-order valence-corrected chi connectivity index (χ3v) is 6.92. The summed E-state index contributed by atoms with van der Waals surface area (Å²) in [4.78, 5) is 9.89. The van der Waals surface area contributed by atoms with Crippen molar-refractivity contribution in [3.05, 3.63) is 0 Å². The zero-order valence-corrected chi connectivity index (χ0v) is 17.4. The molecule has 0 amide bonds. The summed E-state index contributed by atoms with van der Waals surface area (Å²) in [6.45, 7) is 5.00. The Morgan fingerprint density at radius 3 is 2.11 bits per heavy atom. The molecule has 0 rings (SSSR count). The molecule has 106 valence electrons. The Kier molecular flexibility index (Phi) is 18.1. The molecule has 1 N–H and O–H groups in total. The van der Waals surface area contributed by atoms with Crippen molar-refractivity contribution in [1.82, 2.24) is 0 Å². The first-order chi connectivity index (χ1) is 8.12. The summed E-state index contributed by atoms with van der Waals surface area (Å²) in [7, 11) is 0. The van der Waals surface area contributed by atoms with Gasteiger partial charge in [0.05, 0.1) is 6.61 Å². The molecule has 0 heterocycles. The van der Waals surface area contributed by atoms with Crippen LogP contribution in [-0.2, 0) is 35.8 Å². The van der Waals surface area contributed by atoms with Gasteiger partial charge in [-0.25, -0.2) is 0 Å². The second kappa shape index (κ2) is 14.9. The first kappa shape index (κ1) is 21.8. The van der Waals surface area contributed by atoms with Crippen LogP contribution in [0.2, 0.25) is 0 Å². The van der Waals surface area contributed by atoms with Crippen molar-refractivity contribution >= 4 is 28.9 Å². The van der Waals surface area contributed by atoms with Gasteiger partial charge in [0.2, 0.25) is 5.69 Å². The van der Waals surface area contributed by atoms with Crippen LogP contribution in [0, 0.1) is 0 Å². The summed E-state index contributed by atoms with van der Waals surface area (Å²) in [5.74, 6) is 0.933. The van der Waals surface area contributed by atoms with Crippen molar-refractivity contribution in [1.29, 1.82) is 0 Å². The van der Waals surface area contributed by atoms with Crippen molar-refractivity contribution in [3.63, 3.8) is 0 Å². The standard InChI is InChI=1S/C12H27O2PS2.Zn/c1-3-5-7-9-11-14-15(13,16)17-12-10-8-6-4-2;/h3-12H2,1-2H3,(H,13,16);. The molecule has 18 heavy (non-hydrogen) atoms. The topological polar surface area (TPSA) is 29.5 Å². The van der Waals surface area contributed by atoms with Gasteiger partial charge in [-0.2, -0.15) is 0 Å². The van der Waals surface area contributed by atoms with Gasteiger partial charge >= 0.3 is 0 Å². The van der Waals surface area contributed by atoms with Crippen LogP contribution in [0.5, 0.6) is 0 Å². The van der Waals surface area contributed by atoms with E-state index in [4.69, 9.17) is 16.3 Å². The summed E-state index contributed by atoms with van der Waals surface area (Å²) in [5.41, 5.74) is -2.54. The van der Waals surface area contributed by atoms with Crippen LogP contribution in [0.1, 0.15) is 65.2 Å². The van der Waals surface area contributed by atoms with Gasteiger partial charge in [-0.1, -0.05) is 63.8 Å². The fourth-order valence-electron chi connectivity index (χ4n) is 1.45. The third kappa shape index (κ3) is 15.6. The number of rotatable bonds is 12. The Morgan fingerprint density at radius 1 is 1.00 bits per heavy atom. The molecule has 0 fully saturated rings. The van der Waals surface area contributed by atoms with Crippen molar-refractivity contribution in [3.8, 4) is 0 Å². The summed E-state index contributed by atoms with van der Waals surface area (Å²) >= 11 is 6.56. The van der Waals surface area contributed by atoms with E-state index in [-0.39, 0.29) is 19.5 Å². The maximum absolute atomic E-state index is 9.89. The van der Waals surface area contributed by atoms with Gasteiger partial charge in [0, 0.05) is 25.2 Å². The molecule has 0 saturated heterocycles. The molecule has 0 bridgehead atoms. The predicted octanol–water partition coefficient (Wildman–Crippen LogP) is 5.11. The van der Waals surface area contributed by atoms with E-state index in [1.807, 2.05) is 0 Å². The Balaban J connectivity index is 0. The second-order valence-corrected chi connectivity index (χ2v) is 10.6. The van der Waals surface area contributed by atoms with Gasteiger partial charge in [0.1, 0.15) is 0 Å². The average molecular weight is 364 g/mol. The molecule has 0 aliphatic rings. The first-order valence-electron chi connectivity index (χ1n) is 6.74. The van der Waals surface area contributed by atoms with E-state index in [1.54, 1.807) is 0 Å². The summed E-state index contributed by atoms with van der Waals surface area (Å²) in [5, 5.41) is 0. The average Bonchev–Trinajstić information content (AvgIpc) is 2.28. The Hall–Kier alpha value is 1.54. The van der Waals surface area contributed by atoms with E-state index in [0.717, 1.165) is 18.6 Å². The largest absolute Gasteiger partial charge is 0.337 e. The van der Waals surface area contributed by atoms with Crippen molar-refractivity contribution in [2.45, 2.75) is 65.2 Å². The van der Waals surface area contributed by atoms with E-state index < -0.39 is 5.69 Å². The first-order valence-corrected chi connectivity index (χ1v) is 11.0. The number of hydrogen-bond acceptors (Lipinski definition) is 3. The van der Waals surface area contributed by atoms with Crippen molar-refractivity contribution in [2.24, 2.45) is 0 Å². The van der Waals surface area contributed by atoms with Gasteiger partial charge < -0.3 is 9.42 Å². The molecule has 0 aromatic heterocycles. The Morgan fingerprint density at radius 2 is 1.56 bits per heavy atom. The van der Waals surface area contributed by atoms with Crippen LogP contribution in [0.15, 0.2) is 0 Å². The minimum absolute atomic E-state index is 0. The van der Waals surface area contributed by atoms with Gasteiger partial charge in [0.25, 0.3) is 0 Å². The molecule has 1 atom stereocenters. The van der Waals surface area contributed by atoms with Crippen LogP contribution in [0.4, 0.5) is 0 Å². The van der Waals surface area contributed by atoms with E-state index in [0.29, 0.717) is 6.61 Å². The van der Waals surface area contributed by atoms with Crippen LogP contribution >= 0.6 is 17.1 Å². The van der Waals surface area contributed by atoms with Gasteiger partial charge in [-0.05, 0) is 24.6 Å². The fourth-order valence-corrected chi connectivity index (χ4v) is 4.87. The third-order valence-electron chi connectivity index (χ3n) is 2.50. The SMILES string of the molecule is CCCCCCOP(O)(=S)SCCCCCC.[Zn]. The van der Waals surface area contributed by atoms with Crippen LogP contribution in [0.25, 0.3) is 0 Å². The van der Waals surface area contributed by atoms with Gasteiger partial charge in [-0.15, -0.1) is 0 Å². The van der Waals surface area contributed by atoms with E-state index in [2.05, 4.69) is 13.8 Å². The Bertz CT molecular complexity index is 200. The van der Waals surface area contributed by atoms with Crippen LogP contribution in [0.3, 0.4) is 0 Å². The molecule has 0 aliphatic heterocycles. The molecule has 0 spiro atoms. The number of hydrogen-bond donors (Lipinski definition) is 1. The van der Waals surface area contributed by atoms with Crippen molar-refractivity contribution < 1.29 is 28.9 Å². The smallest absolute Gasteiger partial charge is 0.244 e. The minimum Gasteiger partial charge on any atom is -0.337 e. The fraction of sp³-hybridized carbons (Fsp3) is 1.00. The molecule has 0 saturated carbocycles. The zero-order valence-electron chi connectivity index (χ0n) is 11.9. The van der Waals surface area contributed by atoms with E-state index in [9.17, 15) is 4.89 Å². The monoisotopic (exact) mass is 362 g/mol. The molecule has 2 nitrogen and oxygen atoms in total. The van der Waals surface area contributed by atoms with Gasteiger partial charge in [0.15, 0.2) is 0 Å². The molecule has 0 aromatic rings. The molecular formula is C12H27O2PS2Zn. The normalized spacial score (nSPS) is 13.9. The zero-order chi connectivity index (χ0) is 13.0. The minimum atomic E-state index is -2.54. The summed E-state index contributed by atoms with van der Waals surface area (Å²) < 4.78 is 5.43. The molecule has 0 aromatic carbocycles. The predicted molar refractivity (Wildman–Crippen MR) is 83.2 cm³/mol. The van der Waals surface area contributed by atoms with Crippen molar-refractivity contribution in [2.75, 3.05) is 12.4 Å².